The van der Waals surface area contributed by atoms with Gasteiger partial charge in [0.1, 0.15) is 12.4 Å². The number of aryl methyl sites for hydroxylation is 1. The molecule has 9 nitrogen and oxygen atoms in total. The molecule has 176 valence electrons. The summed E-state index contributed by atoms with van der Waals surface area (Å²) in [7, 11) is 0. The smallest absolute Gasteiger partial charge is 0.267 e. The summed E-state index contributed by atoms with van der Waals surface area (Å²) < 4.78 is 29.7. The molecule has 1 atom stereocenters. The Kier molecular flexibility index (Phi) is 6.11. The number of carbonyl (C=O) groups is 2. The maximum Gasteiger partial charge on any atom is 0.267 e. The summed E-state index contributed by atoms with van der Waals surface area (Å²) in [6, 6.07) is 13.0. The van der Waals surface area contributed by atoms with Crippen LogP contribution in [0.5, 0.6) is 11.5 Å². The summed E-state index contributed by atoms with van der Waals surface area (Å²) in [5.41, 5.74) is 0.638. The number of nitrogens with zero attached hydrogens (tertiary/aromatic N) is 4. The average molecular weight is 466 g/mol. The van der Waals surface area contributed by atoms with Gasteiger partial charge in [-0.3, -0.25) is 9.59 Å². The zero-order valence-electron chi connectivity index (χ0n) is 18.4. The summed E-state index contributed by atoms with van der Waals surface area (Å²) >= 11 is 0. The highest BCUT2D eigenvalue weighted by atomic mass is 19.1. The Morgan fingerprint density at radius 3 is 2.44 bits per heavy atom. The summed E-state index contributed by atoms with van der Waals surface area (Å²) in [5, 5.41) is 3.89. The highest BCUT2D eigenvalue weighted by molar-refractivity contribution is 5.82. The lowest BCUT2D eigenvalue weighted by Crippen LogP contribution is -2.55. The molecule has 2 aliphatic rings. The molecule has 3 aromatic rings. The van der Waals surface area contributed by atoms with Gasteiger partial charge >= 0.3 is 0 Å². The van der Waals surface area contributed by atoms with E-state index < -0.39 is 6.10 Å². The molecule has 1 saturated heterocycles. The van der Waals surface area contributed by atoms with Gasteiger partial charge in [0.05, 0.1) is 0 Å². The van der Waals surface area contributed by atoms with E-state index in [0.717, 1.165) is 0 Å². The van der Waals surface area contributed by atoms with Gasteiger partial charge in [-0.2, -0.15) is 4.98 Å². The summed E-state index contributed by atoms with van der Waals surface area (Å²) in [6.45, 7) is 1.92. The number of aromatic nitrogens is 2. The number of fused-ring (bicyclic) bond motifs is 1. The van der Waals surface area contributed by atoms with Crippen LogP contribution in [0.3, 0.4) is 0 Å². The van der Waals surface area contributed by atoms with Crippen molar-refractivity contribution in [2.75, 3.05) is 32.8 Å². The van der Waals surface area contributed by atoms with Crippen LogP contribution >= 0.6 is 0 Å². The van der Waals surface area contributed by atoms with E-state index in [1.54, 1.807) is 34.1 Å². The number of halogens is 1. The van der Waals surface area contributed by atoms with E-state index in [1.165, 1.54) is 12.1 Å². The average Bonchev–Trinajstić information content (AvgIpc) is 3.36. The second kappa shape index (κ2) is 9.50. The first-order valence-electron chi connectivity index (χ1n) is 11.1. The van der Waals surface area contributed by atoms with Gasteiger partial charge in [-0.05, 0) is 36.4 Å². The van der Waals surface area contributed by atoms with Gasteiger partial charge in [-0.1, -0.05) is 17.3 Å². The van der Waals surface area contributed by atoms with E-state index in [0.29, 0.717) is 61.4 Å². The Bertz CT molecular complexity index is 1170. The van der Waals surface area contributed by atoms with Gasteiger partial charge < -0.3 is 23.8 Å². The molecule has 0 bridgehead atoms. The summed E-state index contributed by atoms with van der Waals surface area (Å²) in [5.74, 6) is 1.37. The second-order valence-electron chi connectivity index (χ2n) is 8.09. The zero-order chi connectivity index (χ0) is 23.5. The van der Waals surface area contributed by atoms with E-state index in [-0.39, 0.29) is 30.7 Å². The third kappa shape index (κ3) is 4.70. The molecule has 10 heteroatoms. The maximum absolute atomic E-state index is 13.1. The van der Waals surface area contributed by atoms with Crippen LogP contribution in [0.15, 0.2) is 53.1 Å². The number of ether oxygens (including phenoxy) is 2. The van der Waals surface area contributed by atoms with E-state index in [4.69, 9.17) is 14.0 Å². The molecule has 34 heavy (non-hydrogen) atoms. The number of benzene rings is 2. The topological polar surface area (TPSA) is 98.0 Å². The first-order valence-corrected chi connectivity index (χ1v) is 11.1. The van der Waals surface area contributed by atoms with Crippen LogP contribution in [0.4, 0.5) is 4.39 Å². The van der Waals surface area contributed by atoms with Gasteiger partial charge in [0.25, 0.3) is 5.91 Å². The number of carbonyl (C=O) groups excluding carboxylic acids is 2. The Labute approximate surface area is 195 Å². The van der Waals surface area contributed by atoms with Crippen molar-refractivity contribution in [3.05, 3.63) is 60.2 Å². The number of piperazine rings is 1. The van der Waals surface area contributed by atoms with Crippen LogP contribution in [-0.4, -0.2) is 70.6 Å². The van der Waals surface area contributed by atoms with Gasteiger partial charge in [0.15, 0.2) is 11.5 Å². The summed E-state index contributed by atoms with van der Waals surface area (Å²) in [4.78, 5) is 33.2. The standard InChI is InChI=1S/C24H23FN4O5/c25-17-7-5-16(6-8-17)23-26-21(34-27-23)9-10-22(30)28-11-13-29(14-12-28)24(31)20-15-32-18-3-1-2-4-19(18)33-20/h1-8,20H,9-15H2. The lowest BCUT2D eigenvalue weighted by molar-refractivity contribution is -0.146. The van der Waals surface area contributed by atoms with E-state index in [2.05, 4.69) is 10.1 Å². The minimum absolute atomic E-state index is 0.0418. The Morgan fingerprint density at radius 2 is 1.68 bits per heavy atom. The van der Waals surface area contributed by atoms with Crippen LogP contribution in [0.25, 0.3) is 11.4 Å². The normalized spacial score (nSPS) is 17.5. The summed E-state index contributed by atoms with van der Waals surface area (Å²) in [6.07, 6.45) is -0.168. The molecule has 0 radical (unpaired) electrons. The quantitative estimate of drug-likeness (QED) is 0.569. The Morgan fingerprint density at radius 1 is 0.971 bits per heavy atom. The molecule has 1 fully saturated rings. The highest BCUT2D eigenvalue weighted by Crippen LogP contribution is 2.31. The Balaban J connectivity index is 1.09. The zero-order valence-corrected chi connectivity index (χ0v) is 18.4. The first kappa shape index (κ1) is 21.9. The van der Waals surface area contributed by atoms with E-state index in [1.807, 2.05) is 12.1 Å². The van der Waals surface area contributed by atoms with Crippen molar-refractivity contribution in [2.45, 2.75) is 18.9 Å². The fourth-order valence-electron chi connectivity index (χ4n) is 3.97. The molecule has 2 aliphatic heterocycles. The van der Waals surface area contributed by atoms with Crippen molar-refractivity contribution >= 4 is 11.8 Å². The number of para-hydroxylation sites is 2. The minimum atomic E-state index is -0.690. The molecule has 0 spiro atoms. The highest BCUT2D eigenvalue weighted by Gasteiger charge is 2.33. The van der Waals surface area contributed by atoms with Crippen LogP contribution in [-0.2, 0) is 16.0 Å². The fourth-order valence-corrected chi connectivity index (χ4v) is 3.97. The van der Waals surface area contributed by atoms with Crippen molar-refractivity contribution in [1.82, 2.24) is 19.9 Å². The largest absolute Gasteiger partial charge is 0.485 e. The van der Waals surface area contributed by atoms with Gasteiger partial charge in [-0.25, -0.2) is 4.39 Å². The molecular formula is C24H23FN4O5. The molecule has 2 amide bonds. The van der Waals surface area contributed by atoms with Crippen LogP contribution in [0, 0.1) is 5.82 Å². The number of hydrogen-bond donors (Lipinski definition) is 0. The second-order valence-corrected chi connectivity index (χ2v) is 8.09. The van der Waals surface area contributed by atoms with Crippen molar-refractivity contribution in [2.24, 2.45) is 0 Å². The number of amides is 2. The molecule has 0 saturated carbocycles. The molecule has 0 aliphatic carbocycles. The maximum atomic E-state index is 13.1. The SMILES string of the molecule is O=C(CCc1nc(-c2ccc(F)cc2)no1)N1CCN(C(=O)C2COc3ccccc3O2)CC1. The lowest BCUT2D eigenvalue weighted by Gasteiger charge is -2.37. The van der Waals surface area contributed by atoms with Crippen LogP contribution in [0.1, 0.15) is 12.3 Å². The lowest BCUT2D eigenvalue weighted by atomic mass is 10.2. The number of hydrogen-bond acceptors (Lipinski definition) is 7. The van der Waals surface area contributed by atoms with Gasteiger partial charge in [0.2, 0.25) is 23.7 Å². The van der Waals surface area contributed by atoms with Crippen molar-refractivity contribution in [3.63, 3.8) is 0 Å². The van der Waals surface area contributed by atoms with Crippen LogP contribution in [0.2, 0.25) is 0 Å². The molecule has 5 rings (SSSR count). The van der Waals surface area contributed by atoms with Crippen molar-refractivity contribution < 1.29 is 28.0 Å². The fraction of sp³-hybridized carbons (Fsp3) is 0.333. The third-order valence-corrected chi connectivity index (χ3v) is 5.85. The van der Waals surface area contributed by atoms with E-state index in [9.17, 15) is 14.0 Å². The van der Waals surface area contributed by atoms with Crippen molar-refractivity contribution in [1.29, 1.82) is 0 Å². The third-order valence-electron chi connectivity index (χ3n) is 5.85. The molecule has 1 aromatic heterocycles. The Hall–Kier alpha value is -3.95. The number of rotatable bonds is 5. The minimum Gasteiger partial charge on any atom is -0.485 e. The first-order chi connectivity index (χ1) is 16.6. The monoisotopic (exact) mass is 466 g/mol. The molecule has 2 aromatic carbocycles. The van der Waals surface area contributed by atoms with Gasteiger partial charge in [0, 0.05) is 44.6 Å². The molecule has 0 N–H and O–H groups in total. The molecule has 1 unspecified atom stereocenters. The predicted molar refractivity (Wildman–Crippen MR) is 118 cm³/mol. The molecular weight excluding hydrogens is 443 g/mol. The molecule has 3 heterocycles. The van der Waals surface area contributed by atoms with Crippen LogP contribution < -0.4 is 9.47 Å². The predicted octanol–water partition coefficient (Wildman–Crippen LogP) is 2.32. The van der Waals surface area contributed by atoms with Crippen molar-refractivity contribution in [3.8, 4) is 22.9 Å². The van der Waals surface area contributed by atoms with E-state index >= 15 is 0 Å². The van der Waals surface area contributed by atoms with Gasteiger partial charge in [-0.15, -0.1) is 0 Å².